The topological polar surface area (TPSA) is 63.4 Å². The largest absolute Gasteiger partial charge is 0.329 e. The van der Waals surface area contributed by atoms with Gasteiger partial charge in [-0.2, -0.15) is 0 Å². The second-order valence-corrected chi connectivity index (χ2v) is 6.24. The van der Waals surface area contributed by atoms with Crippen molar-refractivity contribution in [2.24, 2.45) is 5.73 Å². The highest BCUT2D eigenvalue weighted by Crippen LogP contribution is 2.28. The Bertz CT molecular complexity index is 467. The van der Waals surface area contributed by atoms with Crippen molar-refractivity contribution in [2.45, 2.75) is 18.6 Å². The molecule has 1 aromatic carbocycles. The summed E-state index contributed by atoms with van der Waals surface area (Å²) < 4.78 is 25.6. The molecule has 1 aliphatic heterocycles. The van der Waals surface area contributed by atoms with Crippen molar-refractivity contribution in [1.82, 2.24) is 0 Å². The summed E-state index contributed by atoms with van der Waals surface area (Å²) in [7, 11) is -3.24. The van der Waals surface area contributed by atoms with Gasteiger partial charge in [-0.1, -0.05) is 17.7 Å². The summed E-state index contributed by atoms with van der Waals surface area (Å²) in [5.41, 5.74) is 7.33. The molecule has 1 fully saturated rings. The highest BCUT2D eigenvalue weighted by molar-refractivity contribution is 7.93. The molecule has 0 amide bonds. The summed E-state index contributed by atoms with van der Waals surface area (Å²) in [6.45, 7) is 2.71. The summed E-state index contributed by atoms with van der Waals surface area (Å²) >= 11 is 0. The van der Waals surface area contributed by atoms with E-state index in [1.54, 1.807) is 0 Å². The molecule has 1 heterocycles. The van der Waals surface area contributed by atoms with Crippen LogP contribution in [0.25, 0.3) is 0 Å². The summed E-state index contributed by atoms with van der Waals surface area (Å²) in [5.74, 6) is 0. The number of anilines is 1. The van der Waals surface area contributed by atoms with Crippen LogP contribution in [0.2, 0.25) is 0 Å². The third kappa shape index (κ3) is 1.81. The number of hydrogen-bond acceptors (Lipinski definition) is 3. The predicted molar refractivity (Wildman–Crippen MR) is 64.9 cm³/mol. The van der Waals surface area contributed by atoms with Crippen molar-refractivity contribution in [3.63, 3.8) is 0 Å². The van der Waals surface area contributed by atoms with Crippen molar-refractivity contribution in [3.8, 4) is 0 Å². The molecule has 0 aliphatic carbocycles. The molecular weight excluding hydrogens is 224 g/mol. The van der Waals surface area contributed by atoms with Crippen molar-refractivity contribution < 1.29 is 8.42 Å². The molecule has 0 spiro atoms. The molecule has 1 unspecified atom stereocenters. The van der Waals surface area contributed by atoms with Gasteiger partial charge in [0.05, 0.1) is 10.9 Å². The van der Waals surface area contributed by atoms with Gasteiger partial charge in [0.2, 0.25) is 10.0 Å². The number of nitrogens with zero attached hydrogens (tertiary/aromatic N) is 1. The Hall–Kier alpha value is -1.07. The maximum atomic E-state index is 12.1. The molecule has 1 saturated heterocycles. The second kappa shape index (κ2) is 4.07. The minimum absolute atomic E-state index is 0.199. The number of sulfonamides is 1. The van der Waals surface area contributed by atoms with Gasteiger partial charge in [-0.05, 0) is 25.5 Å². The van der Waals surface area contributed by atoms with Crippen LogP contribution in [0.15, 0.2) is 24.3 Å². The fourth-order valence-corrected chi connectivity index (χ4v) is 3.73. The molecule has 4 nitrogen and oxygen atoms in total. The average molecular weight is 240 g/mol. The van der Waals surface area contributed by atoms with Gasteiger partial charge in [-0.15, -0.1) is 0 Å². The van der Waals surface area contributed by atoms with Gasteiger partial charge in [0.25, 0.3) is 0 Å². The zero-order chi connectivity index (χ0) is 11.8. The number of aryl methyl sites for hydroxylation is 1. The quantitative estimate of drug-likeness (QED) is 0.834. The van der Waals surface area contributed by atoms with Crippen LogP contribution in [0, 0.1) is 6.92 Å². The lowest BCUT2D eigenvalue weighted by Gasteiger charge is -2.18. The molecule has 5 heteroatoms. The summed E-state index contributed by atoms with van der Waals surface area (Å²) in [5, 5.41) is -0.422. The Morgan fingerprint density at radius 2 is 2.00 bits per heavy atom. The van der Waals surface area contributed by atoms with Crippen LogP contribution >= 0.6 is 0 Å². The first kappa shape index (κ1) is 11.4. The highest BCUT2D eigenvalue weighted by Gasteiger charge is 2.37. The molecule has 1 aromatic rings. The van der Waals surface area contributed by atoms with Gasteiger partial charge in [0.15, 0.2) is 0 Å². The van der Waals surface area contributed by atoms with E-state index >= 15 is 0 Å². The number of rotatable bonds is 2. The van der Waals surface area contributed by atoms with Crippen LogP contribution in [0.3, 0.4) is 0 Å². The zero-order valence-electron chi connectivity index (χ0n) is 9.26. The van der Waals surface area contributed by atoms with Crippen molar-refractivity contribution in [2.75, 3.05) is 17.4 Å². The molecule has 1 aliphatic rings. The monoisotopic (exact) mass is 240 g/mol. The van der Waals surface area contributed by atoms with Crippen LogP contribution in [-0.4, -0.2) is 26.8 Å². The Balaban J connectivity index is 2.33. The lowest BCUT2D eigenvalue weighted by atomic mass is 10.2. The van der Waals surface area contributed by atoms with Gasteiger partial charge in [-0.3, -0.25) is 4.31 Å². The van der Waals surface area contributed by atoms with Gasteiger partial charge in [-0.25, -0.2) is 8.42 Å². The Labute approximate surface area is 96.1 Å². The van der Waals surface area contributed by atoms with E-state index in [0.29, 0.717) is 13.0 Å². The van der Waals surface area contributed by atoms with Crippen LogP contribution in [0.1, 0.15) is 12.0 Å². The minimum atomic E-state index is -3.24. The first-order valence-electron chi connectivity index (χ1n) is 5.34. The Morgan fingerprint density at radius 1 is 1.38 bits per heavy atom. The molecule has 0 radical (unpaired) electrons. The molecule has 88 valence electrons. The van der Waals surface area contributed by atoms with Crippen LogP contribution < -0.4 is 10.0 Å². The van der Waals surface area contributed by atoms with Gasteiger partial charge < -0.3 is 5.73 Å². The van der Waals surface area contributed by atoms with Gasteiger partial charge in [0, 0.05) is 13.1 Å². The highest BCUT2D eigenvalue weighted by atomic mass is 32.2. The SMILES string of the molecule is Cc1ccc(N2CCC(CN)S2(=O)=O)cc1. The van der Waals surface area contributed by atoms with E-state index in [4.69, 9.17) is 5.73 Å². The van der Waals surface area contributed by atoms with Crippen molar-refractivity contribution in [3.05, 3.63) is 29.8 Å². The third-order valence-electron chi connectivity index (χ3n) is 2.97. The molecule has 2 N–H and O–H groups in total. The van der Waals surface area contributed by atoms with E-state index in [1.807, 2.05) is 31.2 Å². The lowest BCUT2D eigenvalue weighted by Crippen LogP contribution is -2.33. The Morgan fingerprint density at radius 3 is 2.50 bits per heavy atom. The maximum Gasteiger partial charge on any atom is 0.239 e. The summed E-state index contributed by atoms with van der Waals surface area (Å²) in [6, 6.07) is 7.51. The van der Waals surface area contributed by atoms with Crippen molar-refractivity contribution in [1.29, 1.82) is 0 Å². The number of nitrogens with two attached hydrogens (primary N) is 1. The smallest absolute Gasteiger partial charge is 0.239 e. The minimum Gasteiger partial charge on any atom is -0.329 e. The van der Waals surface area contributed by atoms with Crippen LogP contribution in [-0.2, 0) is 10.0 Å². The van der Waals surface area contributed by atoms with E-state index in [9.17, 15) is 8.42 Å². The average Bonchev–Trinajstić information content (AvgIpc) is 2.54. The zero-order valence-corrected chi connectivity index (χ0v) is 10.1. The molecular formula is C11H16N2O2S. The number of hydrogen-bond donors (Lipinski definition) is 1. The van der Waals surface area contributed by atoms with Gasteiger partial charge in [0.1, 0.15) is 0 Å². The molecule has 0 aromatic heterocycles. The third-order valence-corrected chi connectivity index (χ3v) is 5.25. The summed E-state index contributed by atoms with van der Waals surface area (Å²) in [6.07, 6.45) is 0.618. The first-order valence-corrected chi connectivity index (χ1v) is 6.84. The standard InChI is InChI=1S/C11H16N2O2S/c1-9-2-4-10(5-3-9)13-7-6-11(8-12)16(13,14)15/h2-5,11H,6-8,12H2,1H3. The normalized spacial score (nSPS) is 23.6. The molecule has 0 bridgehead atoms. The van der Waals surface area contributed by atoms with Crippen LogP contribution in [0.4, 0.5) is 5.69 Å². The fourth-order valence-electron chi connectivity index (χ4n) is 1.94. The summed E-state index contributed by atoms with van der Waals surface area (Å²) in [4.78, 5) is 0. The fraction of sp³-hybridized carbons (Fsp3) is 0.455. The van der Waals surface area contributed by atoms with E-state index in [1.165, 1.54) is 4.31 Å². The van der Waals surface area contributed by atoms with E-state index in [0.717, 1.165) is 11.3 Å². The van der Waals surface area contributed by atoms with Crippen molar-refractivity contribution >= 4 is 15.7 Å². The second-order valence-electron chi connectivity index (χ2n) is 4.10. The van der Waals surface area contributed by atoms with Gasteiger partial charge >= 0.3 is 0 Å². The predicted octanol–water partition coefficient (Wildman–Crippen LogP) is 0.862. The first-order chi connectivity index (χ1) is 7.55. The molecule has 16 heavy (non-hydrogen) atoms. The lowest BCUT2D eigenvalue weighted by molar-refractivity contribution is 0.588. The molecule has 0 saturated carbocycles. The Kier molecular flexibility index (Phi) is 2.90. The van der Waals surface area contributed by atoms with E-state index in [-0.39, 0.29) is 6.54 Å². The molecule has 2 rings (SSSR count). The van der Waals surface area contributed by atoms with E-state index < -0.39 is 15.3 Å². The number of benzene rings is 1. The maximum absolute atomic E-state index is 12.1. The molecule has 1 atom stereocenters. The van der Waals surface area contributed by atoms with E-state index in [2.05, 4.69) is 0 Å². The van der Waals surface area contributed by atoms with Crippen LogP contribution in [0.5, 0.6) is 0 Å².